The van der Waals surface area contributed by atoms with Gasteiger partial charge in [0.15, 0.2) is 11.9 Å². The van der Waals surface area contributed by atoms with Crippen molar-refractivity contribution in [2.45, 2.75) is 6.42 Å². The van der Waals surface area contributed by atoms with E-state index in [1.165, 1.54) is 5.69 Å². The van der Waals surface area contributed by atoms with Crippen LogP contribution in [0.1, 0.15) is 11.4 Å². The molecule has 132 valence electrons. The molecule has 0 amide bonds. The molecule has 0 aliphatic rings. The van der Waals surface area contributed by atoms with E-state index < -0.39 is 0 Å². The number of hydrogen-bond acceptors (Lipinski definition) is 1. The Hall–Kier alpha value is -0.653. The number of hydrogen-bond donors (Lipinski definition) is 0. The van der Waals surface area contributed by atoms with Crippen LogP contribution in [0, 0.1) is 28.7 Å². The minimum Gasteiger partial charge on any atom is -0.358 e. The minimum atomic E-state index is 0. The normalized spacial score (nSPS) is 8.04. The number of rotatable bonds is 2. The van der Waals surface area contributed by atoms with Gasteiger partial charge in [-0.05, 0) is 5.69 Å². The molecule has 2 aromatic rings. The Balaban J connectivity index is -0.000000145. The Bertz CT molecular complexity index is 558. The molecule has 0 aliphatic heterocycles. The van der Waals surface area contributed by atoms with Gasteiger partial charge in [-0.3, -0.25) is 9.47 Å². The summed E-state index contributed by atoms with van der Waals surface area (Å²) in [6.07, 6.45) is 2.89. The molecule has 0 fully saturated rings. The van der Waals surface area contributed by atoms with Gasteiger partial charge >= 0.3 is 42.1 Å². The zero-order valence-corrected chi connectivity index (χ0v) is 21.7. The van der Waals surface area contributed by atoms with E-state index in [0.29, 0.717) is 0 Å². The molecule has 0 bridgehead atoms. The van der Waals surface area contributed by atoms with E-state index in [1.54, 1.807) is 0 Å². The first-order valence-corrected chi connectivity index (χ1v) is 6.68. The zero-order valence-electron chi connectivity index (χ0n) is 15.8. The number of anilines is 1. The van der Waals surface area contributed by atoms with Crippen molar-refractivity contribution in [2.75, 3.05) is 19.0 Å². The maximum Gasteiger partial charge on any atom is 2.00 e. The molecule has 3 nitrogen and oxygen atoms in total. The quantitative estimate of drug-likeness (QED) is 0.354. The molecule has 0 saturated heterocycles. The third kappa shape index (κ3) is 9.60. The fraction of sp³-hybridized carbons (Fsp3) is 0.263. The predicted molar refractivity (Wildman–Crippen MR) is 95.9 cm³/mol. The molecule has 5 heteroatoms. The summed E-state index contributed by atoms with van der Waals surface area (Å²) in [6, 6.07) is 12.2. The molecule has 0 radical (unpaired) electrons. The second kappa shape index (κ2) is 15.9. The summed E-state index contributed by atoms with van der Waals surface area (Å²) < 4.78 is 4.13. The van der Waals surface area contributed by atoms with Crippen molar-refractivity contribution in [3.8, 4) is 0 Å². The summed E-state index contributed by atoms with van der Waals surface area (Å²) in [6.45, 7) is 7.70. The maximum atomic E-state index is 3.90. The van der Waals surface area contributed by atoms with Gasteiger partial charge in [-0.25, -0.2) is 4.57 Å². The first kappa shape index (κ1) is 31.1. The fourth-order valence-electron chi connectivity index (χ4n) is 1.88. The van der Waals surface area contributed by atoms with Crippen molar-refractivity contribution in [3.63, 3.8) is 0 Å². The number of aryl methyl sites for hydroxylation is 1. The van der Waals surface area contributed by atoms with Crippen LogP contribution >= 0.6 is 0 Å². The second-order valence-electron chi connectivity index (χ2n) is 4.88. The van der Waals surface area contributed by atoms with Gasteiger partial charge in [-0.1, -0.05) is 12.5 Å². The molecule has 2 rings (SSSR count). The summed E-state index contributed by atoms with van der Waals surface area (Å²) in [4.78, 5) is 2.06. The van der Waals surface area contributed by atoms with Crippen molar-refractivity contribution in [1.82, 2.24) is 0 Å². The Kier molecular flexibility index (Phi) is 20.6. The standard InChI is InChI=1S/C9H14N2.C8H11N.2CH3.2W/c1-8-6-5-7-9(10(2)3)11(8)4;1-3-8-6-4-5-7-9(8)2;;;;/h5-7H,1H2,2-4H3;4-7H,1,3H2,2H3;2*1H3;;/q;;2*-1;2*+2. The second-order valence-corrected chi connectivity index (χ2v) is 4.88. The van der Waals surface area contributed by atoms with Crippen LogP contribution in [0.5, 0.6) is 0 Å². The van der Waals surface area contributed by atoms with Crippen LogP contribution in [0.3, 0.4) is 0 Å². The van der Waals surface area contributed by atoms with Crippen LogP contribution in [0.4, 0.5) is 5.82 Å². The maximum absolute atomic E-state index is 3.90. The van der Waals surface area contributed by atoms with E-state index in [9.17, 15) is 0 Å². The van der Waals surface area contributed by atoms with E-state index >= 15 is 0 Å². The number of pyridine rings is 2. The van der Waals surface area contributed by atoms with Crippen molar-refractivity contribution < 1.29 is 51.3 Å². The molecule has 0 atom stereocenters. The van der Waals surface area contributed by atoms with E-state index in [4.69, 9.17) is 0 Å². The molecular formula is C19H31N3W2+2. The molecule has 0 N–H and O–H groups in total. The van der Waals surface area contributed by atoms with Gasteiger partial charge in [0, 0.05) is 18.2 Å². The average molecular weight is 669 g/mol. The summed E-state index contributed by atoms with van der Waals surface area (Å²) >= 11 is 0. The van der Waals surface area contributed by atoms with Crippen LogP contribution in [0.2, 0.25) is 0 Å². The Labute approximate surface area is 178 Å². The smallest absolute Gasteiger partial charge is 0.358 e. The predicted octanol–water partition coefficient (Wildman–Crippen LogP) is 2.54. The first-order valence-electron chi connectivity index (χ1n) is 6.68. The molecule has 24 heavy (non-hydrogen) atoms. The van der Waals surface area contributed by atoms with Crippen LogP contribution in [0.25, 0.3) is 0 Å². The third-order valence-electron chi connectivity index (χ3n) is 3.19. The summed E-state index contributed by atoms with van der Waals surface area (Å²) in [5.41, 5.74) is 2.29. The minimum absolute atomic E-state index is 0. The van der Waals surface area contributed by atoms with Crippen molar-refractivity contribution >= 4 is 5.82 Å². The van der Waals surface area contributed by atoms with E-state index in [0.717, 1.165) is 17.9 Å². The van der Waals surface area contributed by atoms with E-state index in [-0.39, 0.29) is 57.0 Å². The van der Waals surface area contributed by atoms with Crippen LogP contribution < -0.4 is 14.0 Å². The fourth-order valence-corrected chi connectivity index (χ4v) is 1.88. The Morgan fingerprint density at radius 1 is 0.958 bits per heavy atom. The molecule has 2 heterocycles. The first-order chi connectivity index (χ1) is 9.47. The van der Waals surface area contributed by atoms with Crippen molar-refractivity contribution in [1.29, 1.82) is 0 Å². The van der Waals surface area contributed by atoms with E-state index in [2.05, 4.69) is 40.0 Å². The summed E-state index contributed by atoms with van der Waals surface area (Å²) in [5.74, 6) is 1.16. The van der Waals surface area contributed by atoms with Crippen LogP contribution in [-0.2, 0) is 62.6 Å². The van der Waals surface area contributed by atoms with E-state index in [1.807, 2.05) is 58.7 Å². The van der Waals surface area contributed by atoms with Gasteiger partial charge in [-0.2, -0.15) is 13.0 Å². The monoisotopic (exact) mass is 669 g/mol. The van der Waals surface area contributed by atoms with Gasteiger partial charge in [0.05, 0.1) is 21.1 Å². The van der Waals surface area contributed by atoms with Crippen LogP contribution in [0.15, 0.2) is 42.6 Å². The Morgan fingerprint density at radius 2 is 1.54 bits per heavy atom. The molecule has 0 saturated carbocycles. The van der Waals surface area contributed by atoms with Gasteiger partial charge < -0.3 is 21.8 Å². The molecule has 2 aromatic heterocycles. The number of nitrogens with zero attached hydrogens (tertiary/aromatic N) is 3. The largest absolute Gasteiger partial charge is 2.00 e. The zero-order chi connectivity index (χ0) is 15.1. The Morgan fingerprint density at radius 3 is 1.92 bits per heavy atom. The molecular weight excluding hydrogens is 638 g/mol. The summed E-state index contributed by atoms with van der Waals surface area (Å²) in [5, 5.41) is 0. The van der Waals surface area contributed by atoms with Crippen molar-refractivity contribution in [2.24, 2.45) is 14.1 Å². The average Bonchev–Trinajstić information content (AvgIpc) is 2.43. The molecule has 0 spiro atoms. The molecule has 0 aromatic carbocycles. The van der Waals surface area contributed by atoms with Gasteiger partial charge in [0.1, 0.15) is 7.05 Å². The molecule has 0 unspecified atom stereocenters. The van der Waals surface area contributed by atoms with Crippen LogP contribution in [-0.4, -0.2) is 14.1 Å². The van der Waals surface area contributed by atoms with Crippen molar-refractivity contribution in [3.05, 3.63) is 82.7 Å². The summed E-state index contributed by atoms with van der Waals surface area (Å²) in [7, 11) is 8.09. The SMILES string of the molecule is [CH2-]Cc1cccc[n+]1C.[CH2-]c1cccc(N(C)C)[n+]1C.[CH3-].[CH3-].[W+2].[W+2]. The molecule has 0 aliphatic carbocycles. The van der Waals surface area contributed by atoms with Gasteiger partial charge in [0.2, 0.25) is 0 Å². The topological polar surface area (TPSA) is 11.0 Å². The third-order valence-corrected chi connectivity index (χ3v) is 3.19. The van der Waals surface area contributed by atoms with Gasteiger partial charge in [-0.15, -0.1) is 6.07 Å². The number of aromatic nitrogens is 2. The van der Waals surface area contributed by atoms with Gasteiger partial charge in [0.25, 0.3) is 5.82 Å².